The number of nitrogens with one attached hydrogen (secondary N) is 1. The van der Waals surface area contributed by atoms with Gasteiger partial charge in [0.1, 0.15) is 0 Å². The summed E-state index contributed by atoms with van der Waals surface area (Å²) in [5.74, 6) is 1.12. The second-order valence-electron chi connectivity index (χ2n) is 3.99. The van der Waals surface area contributed by atoms with Gasteiger partial charge in [0, 0.05) is 24.3 Å². The van der Waals surface area contributed by atoms with Crippen LogP contribution in [0.2, 0.25) is 0 Å². The van der Waals surface area contributed by atoms with Gasteiger partial charge in [-0.05, 0) is 20.8 Å². The Morgan fingerprint density at radius 2 is 2.27 bits per heavy atom. The SMILES string of the molecule is CCOc1ccnc(NCC(C)(C)N)n1. The zero-order chi connectivity index (χ0) is 11.3. The van der Waals surface area contributed by atoms with Crippen LogP contribution in [0.4, 0.5) is 5.95 Å². The zero-order valence-corrected chi connectivity index (χ0v) is 9.45. The molecular weight excluding hydrogens is 192 g/mol. The molecule has 1 aromatic heterocycles. The van der Waals surface area contributed by atoms with E-state index in [1.54, 1.807) is 12.3 Å². The van der Waals surface area contributed by atoms with Crippen molar-refractivity contribution < 1.29 is 4.74 Å². The Hall–Kier alpha value is -1.36. The standard InChI is InChI=1S/C10H18N4O/c1-4-15-8-5-6-12-9(14-8)13-7-10(2,3)11/h5-6H,4,7,11H2,1-3H3,(H,12,13,14). The van der Waals surface area contributed by atoms with Crippen LogP contribution >= 0.6 is 0 Å². The van der Waals surface area contributed by atoms with Crippen molar-refractivity contribution in [2.24, 2.45) is 5.73 Å². The van der Waals surface area contributed by atoms with Gasteiger partial charge in [-0.1, -0.05) is 0 Å². The van der Waals surface area contributed by atoms with E-state index in [-0.39, 0.29) is 5.54 Å². The minimum absolute atomic E-state index is 0.287. The summed E-state index contributed by atoms with van der Waals surface area (Å²) in [4.78, 5) is 8.23. The fourth-order valence-electron chi connectivity index (χ4n) is 0.962. The van der Waals surface area contributed by atoms with E-state index in [1.165, 1.54) is 0 Å². The molecule has 0 spiro atoms. The van der Waals surface area contributed by atoms with Gasteiger partial charge in [0.2, 0.25) is 11.8 Å². The Morgan fingerprint density at radius 1 is 1.53 bits per heavy atom. The van der Waals surface area contributed by atoms with Crippen molar-refractivity contribution in [3.05, 3.63) is 12.3 Å². The van der Waals surface area contributed by atoms with Crippen LogP contribution in [0, 0.1) is 0 Å². The number of aromatic nitrogens is 2. The van der Waals surface area contributed by atoms with Crippen LogP contribution in [0.15, 0.2) is 12.3 Å². The van der Waals surface area contributed by atoms with Gasteiger partial charge in [0.15, 0.2) is 0 Å². The maximum atomic E-state index is 5.83. The highest BCUT2D eigenvalue weighted by Crippen LogP contribution is 2.08. The summed E-state index contributed by atoms with van der Waals surface area (Å²) in [6.07, 6.45) is 1.66. The molecule has 5 nitrogen and oxygen atoms in total. The Balaban J connectivity index is 2.57. The zero-order valence-electron chi connectivity index (χ0n) is 9.45. The number of nitrogens with zero attached hydrogens (tertiary/aromatic N) is 2. The molecule has 0 unspecified atom stereocenters. The first kappa shape index (κ1) is 11.7. The Bertz CT molecular complexity index is 309. The summed E-state index contributed by atoms with van der Waals surface area (Å²) in [5.41, 5.74) is 5.54. The second-order valence-corrected chi connectivity index (χ2v) is 3.99. The summed E-state index contributed by atoms with van der Waals surface area (Å²) in [6.45, 7) is 7.00. The van der Waals surface area contributed by atoms with Gasteiger partial charge >= 0.3 is 0 Å². The molecule has 0 aliphatic carbocycles. The first-order chi connectivity index (χ1) is 7.01. The normalized spacial score (nSPS) is 11.2. The fraction of sp³-hybridized carbons (Fsp3) is 0.600. The first-order valence-corrected chi connectivity index (χ1v) is 5.00. The van der Waals surface area contributed by atoms with Crippen LogP contribution < -0.4 is 15.8 Å². The molecule has 0 fully saturated rings. The molecule has 5 heteroatoms. The largest absolute Gasteiger partial charge is 0.478 e. The minimum Gasteiger partial charge on any atom is -0.478 e. The molecule has 0 atom stereocenters. The molecule has 15 heavy (non-hydrogen) atoms. The van der Waals surface area contributed by atoms with Crippen molar-refractivity contribution in [2.45, 2.75) is 26.3 Å². The Morgan fingerprint density at radius 3 is 2.87 bits per heavy atom. The van der Waals surface area contributed by atoms with Gasteiger partial charge in [-0.3, -0.25) is 0 Å². The van der Waals surface area contributed by atoms with Crippen LogP contribution in [0.25, 0.3) is 0 Å². The molecule has 0 saturated carbocycles. The molecule has 3 N–H and O–H groups in total. The van der Waals surface area contributed by atoms with E-state index >= 15 is 0 Å². The van der Waals surface area contributed by atoms with Gasteiger partial charge in [-0.25, -0.2) is 4.98 Å². The highest BCUT2D eigenvalue weighted by molar-refractivity contribution is 5.28. The summed E-state index contributed by atoms with van der Waals surface area (Å²) in [5, 5.41) is 3.06. The molecule has 1 rings (SSSR count). The molecule has 0 radical (unpaired) electrons. The number of hydrogen-bond donors (Lipinski definition) is 2. The van der Waals surface area contributed by atoms with E-state index in [4.69, 9.17) is 10.5 Å². The maximum Gasteiger partial charge on any atom is 0.226 e. The van der Waals surface area contributed by atoms with Gasteiger partial charge in [-0.15, -0.1) is 0 Å². The average Bonchev–Trinajstić information content (AvgIpc) is 2.15. The topological polar surface area (TPSA) is 73.1 Å². The molecule has 0 bridgehead atoms. The van der Waals surface area contributed by atoms with Crippen LogP contribution in [0.5, 0.6) is 5.88 Å². The lowest BCUT2D eigenvalue weighted by atomic mass is 10.1. The lowest BCUT2D eigenvalue weighted by Crippen LogP contribution is -2.39. The summed E-state index contributed by atoms with van der Waals surface area (Å²) < 4.78 is 5.26. The van der Waals surface area contributed by atoms with Crippen molar-refractivity contribution >= 4 is 5.95 Å². The Kier molecular flexibility index (Phi) is 3.85. The van der Waals surface area contributed by atoms with E-state index < -0.39 is 0 Å². The third-order valence-electron chi connectivity index (χ3n) is 1.62. The monoisotopic (exact) mass is 210 g/mol. The quantitative estimate of drug-likeness (QED) is 0.759. The molecule has 0 amide bonds. The second kappa shape index (κ2) is 4.93. The van der Waals surface area contributed by atoms with Gasteiger partial charge in [0.25, 0.3) is 0 Å². The first-order valence-electron chi connectivity index (χ1n) is 5.00. The van der Waals surface area contributed by atoms with Crippen LogP contribution in [0.3, 0.4) is 0 Å². The smallest absolute Gasteiger partial charge is 0.226 e. The summed E-state index contributed by atoms with van der Waals surface area (Å²) in [6, 6.07) is 1.72. The van der Waals surface area contributed by atoms with Crippen LogP contribution in [0.1, 0.15) is 20.8 Å². The number of hydrogen-bond acceptors (Lipinski definition) is 5. The Labute approximate surface area is 90.1 Å². The van der Waals surface area contributed by atoms with Crippen molar-refractivity contribution in [2.75, 3.05) is 18.5 Å². The number of rotatable bonds is 5. The highest BCUT2D eigenvalue weighted by Gasteiger charge is 2.10. The van der Waals surface area contributed by atoms with E-state index in [0.29, 0.717) is 25.0 Å². The minimum atomic E-state index is -0.287. The lowest BCUT2D eigenvalue weighted by molar-refractivity contribution is 0.326. The molecule has 0 aliphatic heterocycles. The van der Waals surface area contributed by atoms with Gasteiger partial charge in [-0.2, -0.15) is 4.98 Å². The molecule has 84 valence electrons. The molecule has 0 saturated heterocycles. The van der Waals surface area contributed by atoms with Crippen LogP contribution in [-0.4, -0.2) is 28.7 Å². The highest BCUT2D eigenvalue weighted by atomic mass is 16.5. The van der Waals surface area contributed by atoms with E-state index in [2.05, 4.69) is 15.3 Å². The molecule has 1 heterocycles. The van der Waals surface area contributed by atoms with Crippen LogP contribution in [-0.2, 0) is 0 Å². The molecule has 1 aromatic rings. The summed E-state index contributed by atoms with van der Waals surface area (Å²) in [7, 11) is 0. The van der Waals surface area contributed by atoms with Gasteiger partial charge < -0.3 is 15.8 Å². The maximum absolute atomic E-state index is 5.83. The predicted octanol–water partition coefficient (Wildman–Crippen LogP) is 1.02. The van der Waals surface area contributed by atoms with Gasteiger partial charge in [0.05, 0.1) is 6.61 Å². The predicted molar refractivity (Wildman–Crippen MR) is 60.0 cm³/mol. The lowest BCUT2D eigenvalue weighted by Gasteiger charge is -2.18. The van der Waals surface area contributed by atoms with E-state index in [1.807, 2.05) is 20.8 Å². The van der Waals surface area contributed by atoms with Crippen molar-refractivity contribution in [3.63, 3.8) is 0 Å². The third-order valence-corrected chi connectivity index (χ3v) is 1.62. The van der Waals surface area contributed by atoms with E-state index in [0.717, 1.165) is 0 Å². The van der Waals surface area contributed by atoms with Crippen molar-refractivity contribution in [3.8, 4) is 5.88 Å². The number of anilines is 1. The molecular formula is C10H18N4O. The third kappa shape index (κ3) is 4.60. The number of nitrogens with two attached hydrogens (primary N) is 1. The molecule has 0 aliphatic rings. The van der Waals surface area contributed by atoms with Crippen molar-refractivity contribution in [1.29, 1.82) is 0 Å². The summed E-state index contributed by atoms with van der Waals surface area (Å²) >= 11 is 0. The van der Waals surface area contributed by atoms with Crippen molar-refractivity contribution in [1.82, 2.24) is 9.97 Å². The molecule has 0 aromatic carbocycles. The van der Waals surface area contributed by atoms with E-state index in [9.17, 15) is 0 Å². The fourth-order valence-corrected chi connectivity index (χ4v) is 0.962. The number of ether oxygens (including phenoxy) is 1. The average molecular weight is 210 g/mol.